The van der Waals surface area contributed by atoms with Crippen molar-refractivity contribution in [1.82, 2.24) is 0 Å². The molecule has 26 valence electrons. The van der Waals surface area contributed by atoms with Gasteiger partial charge in [-0.25, -0.2) is 0 Å². The summed E-state index contributed by atoms with van der Waals surface area (Å²) in [6.45, 7) is 0. The summed E-state index contributed by atoms with van der Waals surface area (Å²) in [5.41, 5.74) is 0. The van der Waals surface area contributed by atoms with Crippen LogP contribution in [-0.2, 0) is 9.59 Å². The largest absolute Gasteiger partial charge is 0 e. The number of hydrogen-bond acceptors (Lipinski definition) is 2. The normalized spacial score (nSPS) is 2.00. The van der Waals surface area contributed by atoms with Crippen LogP contribution in [0.1, 0.15) is 1.43 Å². The Balaban J connectivity index is -0.0000000200. The fraction of sp³-hybridized carbons (Fsp3) is 0. The molecule has 0 saturated heterocycles. The molecule has 0 saturated carbocycles. The van der Waals surface area contributed by atoms with Crippen molar-refractivity contribution in [2.24, 2.45) is 0 Å². The van der Waals surface area contributed by atoms with E-state index in [1.165, 1.54) is 0 Å². The molecule has 1 atom stereocenters. The topological polar surface area (TPSA) is 34.1 Å². The molecular formula is CH5AsO2. The van der Waals surface area contributed by atoms with Crippen LogP contribution >= 0.6 is 0 Å². The summed E-state index contributed by atoms with van der Waals surface area (Å²) in [6.07, 6.45) is 0.250. The molecule has 0 aliphatic heterocycles. The SMILES string of the molecule is O=C=O.[AsH3].[HH]. The van der Waals surface area contributed by atoms with Gasteiger partial charge in [-0.2, -0.15) is 9.59 Å². The van der Waals surface area contributed by atoms with E-state index in [1.807, 2.05) is 0 Å². The molecule has 0 aliphatic carbocycles. The van der Waals surface area contributed by atoms with E-state index >= 15 is 0 Å². The van der Waals surface area contributed by atoms with Crippen LogP contribution in [0.2, 0.25) is 0 Å². The second kappa shape index (κ2) is 12.5. The molecule has 0 radical (unpaired) electrons. The Hall–Kier alpha value is -0.0616. The molecule has 0 aromatic heterocycles. The number of carbonyl (C=O) groups excluding carboxylic acids is 2. The van der Waals surface area contributed by atoms with Gasteiger partial charge in [0.15, 0.2) is 0 Å². The molecule has 0 rings (SSSR count). The van der Waals surface area contributed by atoms with Gasteiger partial charge >= 0.3 is 24.1 Å². The molecule has 0 heterocycles. The first-order chi connectivity index (χ1) is 1.41. The fourth-order valence-corrected chi connectivity index (χ4v) is 0. The van der Waals surface area contributed by atoms with Crippen LogP contribution in [0.3, 0.4) is 0 Å². The number of rotatable bonds is 0. The van der Waals surface area contributed by atoms with Crippen molar-refractivity contribution in [3.8, 4) is 0 Å². The van der Waals surface area contributed by atoms with E-state index in [0.717, 1.165) is 0 Å². The third kappa shape index (κ3) is 450. The Morgan fingerprint density at radius 2 is 1.50 bits per heavy atom. The predicted octanol–water partition coefficient (Wildman–Crippen LogP) is -1.52. The van der Waals surface area contributed by atoms with Crippen molar-refractivity contribution in [2.45, 2.75) is 0 Å². The first-order valence-corrected chi connectivity index (χ1v) is 0.408. The second-order valence-electron chi connectivity index (χ2n) is 0.0833. The van der Waals surface area contributed by atoms with Gasteiger partial charge in [0.1, 0.15) is 0 Å². The smallest absolute Gasteiger partial charge is 0 e. The first kappa shape index (κ1) is 9.05. The quantitative estimate of drug-likeness (QED) is 0.367. The van der Waals surface area contributed by atoms with Crippen LogP contribution in [0.5, 0.6) is 0 Å². The van der Waals surface area contributed by atoms with E-state index in [-0.39, 0.29) is 25.5 Å². The minimum Gasteiger partial charge on any atom is 0 e. The zero-order chi connectivity index (χ0) is 2.71. The third-order valence-corrected chi connectivity index (χ3v) is 0. The fourth-order valence-electron chi connectivity index (χ4n) is 0. The molecule has 0 N–H and O–H groups in total. The van der Waals surface area contributed by atoms with Gasteiger partial charge in [0.05, 0.1) is 0 Å². The third-order valence-electron chi connectivity index (χ3n) is 0. The monoisotopic (exact) mass is 124 g/mol. The maximum atomic E-state index is 8.12. The predicted molar refractivity (Wildman–Crippen MR) is 17.1 cm³/mol. The molecule has 3 heteroatoms. The molecule has 1 unspecified atom stereocenters. The average Bonchev–Trinajstić information content (AvgIpc) is 0.918. The van der Waals surface area contributed by atoms with Crippen LogP contribution in [0.4, 0.5) is 0 Å². The Morgan fingerprint density at radius 1 is 1.50 bits per heavy atom. The van der Waals surface area contributed by atoms with E-state index in [1.54, 1.807) is 0 Å². The maximum absolute atomic E-state index is 8.12. The van der Waals surface area contributed by atoms with Gasteiger partial charge in [-0.1, -0.05) is 0 Å². The van der Waals surface area contributed by atoms with Gasteiger partial charge in [0, 0.05) is 1.43 Å². The summed E-state index contributed by atoms with van der Waals surface area (Å²) in [4.78, 5) is 16.2. The minimum absolute atomic E-state index is 0. The van der Waals surface area contributed by atoms with Crippen molar-refractivity contribution < 1.29 is 11.0 Å². The molecule has 0 fully saturated rings. The molecule has 0 spiro atoms. The molecule has 0 aliphatic rings. The van der Waals surface area contributed by atoms with Crippen LogP contribution in [0, 0.1) is 0 Å². The minimum atomic E-state index is 0. The van der Waals surface area contributed by atoms with Crippen LogP contribution < -0.4 is 0 Å². The summed E-state index contributed by atoms with van der Waals surface area (Å²) in [5, 5.41) is 0. The van der Waals surface area contributed by atoms with Crippen molar-refractivity contribution >= 4 is 24.1 Å². The zero-order valence-electron chi connectivity index (χ0n) is 2.02. The van der Waals surface area contributed by atoms with E-state index in [4.69, 9.17) is 9.59 Å². The van der Waals surface area contributed by atoms with Crippen molar-refractivity contribution in [3.05, 3.63) is 0 Å². The van der Waals surface area contributed by atoms with Crippen LogP contribution in [-0.4, -0.2) is 24.1 Å². The summed E-state index contributed by atoms with van der Waals surface area (Å²) >= 11 is 0. The summed E-state index contributed by atoms with van der Waals surface area (Å²) < 4.78 is 0. The molecule has 4 heavy (non-hydrogen) atoms. The van der Waals surface area contributed by atoms with Gasteiger partial charge in [-0.05, 0) is 0 Å². The van der Waals surface area contributed by atoms with Gasteiger partial charge in [0.2, 0.25) is 0 Å². The standard InChI is InChI=1S/CO2.AsH3.H2/c2-1-3;;/h;1H3;1H. The van der Waals surface area contributed by atoms with Crippen LogP contribution in [0.15, 0.2) is 0 Å². The van der Waals surface area contributed by atoms with E-state index in [2.05, 4.69) is 0 Å². The average molecular weight is 124 g/mol. The zero-order valence-corrected chi connectivity index (χ0v) is 4.99. The maximum Gasteiger partial charge on any atom is 0 e. The van der Waals surface area contributed by atoms with Crippen molar-refractivity contribution in [2.75, 3.05) is 0 Å². The van der Waals surface area contributed by atoms with E-state index in [0.29, 0.717) is 0 Å². The Bertz CT molecular complexity index is 30.6. The molecule has 0 aromatic rings. The molecule has 2 nitrogen and oxygen atoms in total. The first-order valence-electron chi connectivity index (χ1n) is 0.408. The number of hydrogen-bond donors (Lipinski definition) is 0. The molecule has 0 amide bonds. The van der Waals surface area contributed by atoms with Gasteiger partial charge in [-0.15, -0.1) is 0 Å². The van der Waals surface area contributed by atoms with E-state index in [9.17, 15) is 0 Å². The van der Waals surface area contributed by atoms with E-state index < -0.39 is 0 Å². The van der Waals surface area contributed by atoms with Gasteiger partial charge in [0.25, 0.3) is 0 Å². The summed E-state index contributed by atoms with van der Waals surface area (Å²) in [6, 6.07) is 0. The Labute approximate surface area is 36.0 Å². The van der Waals surface area contributed by atoms with Crippen LogP contribution in [0.25, 0.3) is 0 Å². The van der Waals surface area contributed by atoms with Gasteiger partial charge in [-0.3, -0.25) is 0 Å². The van der Waals surface area contributed by atoms with Crippen molar-refractivity contribution in [3.63, 3.8) is 0 Å². The molecular weight excluding hydrogens is 119 g/mol. The Kier molecular flexibility index (Phi) is 28.4. The summed E-state index contributed by atoms with van der Waals surface area (Å²) in [5.74, 6) is 0. The van der Waals surface area contributed by atoms with Crippen molar-refractivity contribution in [1.29, 1.82) is 0 Å². The van der Waals surface area contributed by atoms with Gasteiger partial charge < -0.3 is 0 Å². The molecule has 0 bridgehead atoms. The Morgan fingerprint density at radius 3 is 1.50 bits per heavy atom. The molecule has 0 aromatic carbocycles. The summed E-state index contributed by atoms with van der Waals surface area (Å²) in [7, 11) is 0. The second-order valence-corrected chi connectivity index (χ2v) is 0.0833.